The van der Waals surface area contributed by atoms with Gasteiger partial charge in [-0.05, 0) is 46.7 Å². The molecule has 23 heavy (non-hydrogen) atoms. The van der Waals surface area contributed by atoms with Crippen LogP contribution in [0, 0.1) is 5.41 Å². The zero-order valence-corrected chi connectivity index (χ0v) is 13.0. The van der Waals surface area contributed by atoms with E-state index in [-0.39, 0.29) is 5.96 Å². The summed E-state index contributed by atoms with van der Waals surface area (Å²) in [6.45, 7) is 0. The van der Waals surface area contributed by atoms with Crippen LogP contribution in [0.25, 0.3) is 22.9 Å². The van der Waals surface area contributed by atoms with Gasteiger partial charge in [0.15, 0.2) is 5.96 Å². The van der Waals surface area contributed by atoms with Gasteiger partial charge in [-0.25, -0.2) is 0 Å². The summed E-state index contributed by atoms with van der Waals surface area (Å²) in [6.07, 6.45) is 4.20. The van der Waals surface area contributed by atoms with E-state index in [1.165, 1.54) is 16.3 Å². The van der Waals surface area contributed by atoms with E-state index in [4.69, 9.17) is 17.0 Å². The van der Waals surface area contributed by atoms with Gasteiger partial charge in [0.25, 0.3) is 0 Å². The molecule has 1 aliphatic rings. The number of anilines is 2. The molecule has 1 aliphatic carbocycles. The lowest BCUT2D eigenvalue weighted by Gasteiger charge is -2.13. The first-order valence-corrected chi connectivity index (χ1v) is 7.70. The Bertz CT molecular complexity index is 943. The second-order valence-corrected chi connectivity index (χ2v) is 5.87. The Morgan fingerprint density at radius 2 is 1.70 bits per heavy atom. The summed E-state index contributed by atoms with van der Waals surface area (Å²) in [5.74, 6) is 0.223. The van der Waals surface area contributed by atoms with Gasteiger partial charge < -0.3 is 10.6 Å². The Kier molecular flexibility index (Phi) is 3.28. The van der Waals surface area contributed by atoms with Crippen LogP contribution in [0.15, 0.2) is 54.6 Å². The molecular weight excluding hydrogens is 306 g/mol. The minimum Gasteiger partial charge on any atom is -0.326 e. The molecule has 3 aromatic carbocycles. The van der Waals surface area contributed by atoms with Gasteiger partial charge in [0.1, 0.15) is 0 Å². The van der Waals surface area contributed by atoms with Crippen LogP contribution in [0.1, 0.15) is 11.1 Å². The molecule has 0 aromatic heterocycles. The first-order chi connectivity index (χ1) is 11.2. The van der Waals surface area contributed by atoms with Gasteiger partial charge >= 0.3 is 0 Å². The van der Waals surface area contributed by atoms with Gasteiger partial charge in [0.2, 0.25) is 0 Å². The fourth-order valence-corrected chi connectivity index (χ4v) is 3.00. The van der Waals surface area contributed by atoms with Crippen LogP contribution in [0.2, 0.25) is 5.02 Å². The number of hydrogen-bond acceptors (Lipinski definition) is 1. The monoisotopic (exact) mass is 319 g/mol. The van der Waals surface area contributed by atoms with E-state index in [1.807, 2.05) is 18.2 Å². The van der Waals surface area contributed by atoms with Crippen molar-refractivity contribution in [1.29, 1.82) is 5.41 Å². The van der Waals surface area contributed by atoms with Gasteiger partial charge in [-0.3, -0.25) is 5.41 Å². The normalized spacial score (nSPS) is 11.7. The highest BCUT2D eigenvalue weighted by atomic mass is 35.5. The summed E-state index contributed by atoms with van der Waals surface area (Å²) in [6, 6.07) is 17.6. The summed E-state index contributed by atoms with van der Waals surface area (Å²) >= 11 is 5.87. The average Bonchev–Trinajstić information content (AvgIpc) is 2.98. The molecule has 3 aromatic rings. The van der Waals surface area contributed by atoms with E-state index in [0.29, 0.717) is 5.02 Å². The van der Waals surface area contributed by atoms with Gasteiger partial charge in [0, 0.05) is 22.0 Å². The molecule has 0 radical (unpaired) electrons. The second kappa shape index (κ2) is 5.45. The molecule has 0 saturated carbocycles. The van der Waals surface area contributed by atoms with Crippen molar-refractivity contribution in [3.05, 3.63) is 70.7 Å². The number of halogens is 1. The quantitative estimate of drug-likeness (QED) is 0.340. The highest BCUT2D eigenvalue weighted by Crippen LogP contribution is 2.35. The van der Waals surface area contributed by atoms with Crippen LogP contribution in [0.4, 0.5) is 11.4 Å². The zero-order valence-electron chi connectivity index (χ0n) is 12.2. The highest BCUT2D eigenvalue weighted by molar-refractivity contribution is 6.30. The molecule has 0 spiro atoms. The number of rotatable bonds is 2. The van der Waals surface area contributed by atoms with Crippen LogP contribution < -0.4 is 10.6 Å². The second-order valence-electron chi connectivity index (χ2n) is 5.44. The predicted octanol–water partition coefficient (Wildman–Crippen LogP) is 5.44. The van der Waals surface area contributed by atoms with Crippen molar-refractivity contribution >= 4 is 51.9 Å². The van der Waals surface area contributed by atoms with Crippen molar-refractivity contribution in [3.63, 3.8) is 0 Å². The maximum atomic E-state index is 8.13. The van der Waals surface area contributed by atoms with Crippen molar-refractivity contribution in [3.8, 4) is 0 Å². The van der Waals surface area contributed by atoms with Gasteiger partial charge in [-0.15, -0.1) is 0 Å². The Hall–Kier alpha value is -2.78. The van der Waals surface area contributed by atoms with Crippen LogP contribution in [0.5, 0.6) is 0 Å². The molecular formula is C19H14ClN3. The van der Waals surface area contributed by atoms with Crippen LogP contribution >= 0.6 is 11.6 Å². The maximum Gasteiger partial charge on any atom is 0.197 e. The van der Waals surface area contributed by atoms with E-state index >= 15 is 0 Å². The lowest BCUT2D eigenvalue weighted by molar-refractivity contribution is 1.43. The molecule has 112 valence electrons. The zero-order chi connectivity index (χ0) is 15.8. The summed E-state index contributed by atoms with van der Waals surface area (Å²) in [7, 11) is 0. The van der Waals surface area contributed by atoms with Crippen LogP contribution in [0.3, 0.4) is 0 Å². The van der Waals surface area contributed by atoms with Crippen molar-refractivity contribution in [2.45, 2.75) is 0 Å². The van der Waals surface area contributed by atoms with Crippen molar-refractivity contribution in [2.75, 3.05) is 10.6 Å². The third-order valence-electron chi connectivity index (χ3n) is 3.92. The van der Waals surface area contributed by atoms with Gasteiger partial charge in [0.05, 0.1) is 0 Å². The SMILES string of the molecule is N=C(Nc1ccc(Cl)cc1)Nc1ccc2cccc3c2c1C=C3. The van der Waals surface area contributed by atoms with E-state index in [0.717, 1.165) is 16.9 Å². The van der Waals surface area contributed by atoms with Gasteiger partial charge in [-0.2, -0.15) is 0 Å². The molecule has 3 nitrogen and oxygen atoms in total. The van der Waals surface area contributed by atoms with Crippen LogP contribution in [-0.2, 0) is 0 Å². The van der Waals surface area contributed by atoms with Crippen molar-refractivity contribution in [1.82, 2.24) is 0 Å². The fourth-order valence-electron chi connectivity index (χ4n) is 2.87. The predicted molar refractivity (Wildman–Crippen MR) is 99.3 cm³/mol. The topological polar surface area (TPSA) is 47.9 Å². The van der Waals surface area contributed by atoms with E-state index < -0.39 is 0 Å². The first-order valence-electron chi connectivity index (χ1n) is 7.33. The Labute approximate surface area is 139 Å². The molecule has 0 bridgehead atoms. The summed E-state index contributed by atoms with van der Waals surface area (Å²) in [4.78, 5) is 0. The molecule has 0 atom stereocenters. The van der Waals surface area contributed by atoms with Crippen LogP contribution in [-0.4, -0.2) is 5.96 Å². The van der Waals surface area contributed by atoms with E-state index in [1.54, 1.807) is 12.1 Å². The Balaban J connectivity index is 1.60. The van der Waals surface area contributed by atoms with E-state index in [2.05, 4.69) is 47.1 Å². The molecule has 4 heteroatoms. The standard InChI is InChI=1S/C19H14ClN3/c20-14-6-8-15(9-7-14)22-19(21)23-17-11-5-13-3-1-2-12-4-10-16(17)18(12)13/h1-11H,(H3,21,22,23). The summed E-state index contributed by atoms with van der Waals surface area (Å²) in [5.41, 5.74) is 4.09. The number of benzene rings is 3. The Morgan fingerprint density at radius 1 is 0.870 bits per heavy atom. The average molecular weight is 320 g/mol. The maximum absolute atomic E-state index is 8.13. The third kappa shape index (κ3) is 2.56. The molecule has 0 amide bonds. The number of guanidine groups is 1. The van der Waals surface area contributed by atoms with Gasteiger partial charge in [-0.1, -0.05) is 48.0 Å². The van der Waals surface area contributed by atoms with Crippen molar-refractivity contribution in [2.24, 2.45) is 0 Å². The van der Waals surface area contributed by atoms with E-state index in [9.17, 15) is 0 Å². The lowest BCUT2D eigenvalue weighted by atomic mass is 10.0. The smallest absolute Gasteiger partial charge is 0.197 e. The molecule has 0 fully saturated rings. The molecule has 0 saturated heterocycles. The Morgan fingerprint density at radius 3 is 2.52 bits per heavy atom. The molecule has 0 heterocycles. The molecule has 0 unspecified atom stereocenters. The minimum atomic E-state index is 0.223. The minimum absolute atomic E-state index is 0.223. The lowest BCUT2D eigenvalue weighted by Crippen LogP contribution is -2.20. The largest absolute Gasteiger partial charge is 0.326 e. The number of hydrogen-bond donors (Lipinski definition) is 3. The molecule has 0 aliphatic heterocycles. The number of nitrogens with one attached hydrogen (secondary N) is 3. The summed E-state index contributed by atoms with van der Waals surface area (Å²) in [5, 5.41) is 17.4. The highest BCUT2D eigenvalue weighted by Gasteiger charge is 2.13. The molecule has 3 N–H and O–H groups in total. The first kappa shape index (κ1) is 13.9. The summed E-state index contributed by atoms with van der Waals surface area (Å²) < 4.78 is 0. The molecule has 4 rings (SSSR count). The third-order valence-corrected chi connectivity index (χ3v) is 4.17. The van der Waals surface area contributed by atoms with Crippen molar-refractivity contribution < 1.29 is 0 Å². The fraction of sp³-hybridized carbons (Fsp3) is 0.